The molecule has 0 amide bonds. The zero-order chi connectivity index (χ0) is 9.47. The van der Waals surface area contributed by atoms with Crippen LogP contribution in [0, 0.1) is 0 Å². The maximum absolute atomic E-state index is 5.74. The van der Waals surface area contributed by atoms with Gasteiger partial charge in [-0.25, -0.2) is 0 Å². The first-order chi connectivity index (χ1) is 6.23. The topological polar surface area (TPSA) is 36.9 Å². The Labute approximate surface area is 78.9 Å². The van der Waals surface area contributed by atoms with E-state index in [-0.39, 0.29) is 17.8 Å². The van der Waals surface area contributed by atoms with Gasteiger partial charge in [0.15, 0.2) is 0 Å². The molecule has 4 nitrogen and oxygen atoms in total. The van der Waals surface area contributed by atoms with Gasteiger partial charge in [0.1, 0.15) is 25.7 Å². The molecule has 0 saturated carbocycles. The number of hydrogen-bond acceptors (Lipinski definition) is 4. The Morgan fingerprint density at radius 3 is 2.77 bits per heavy atom. The molecule has 2 rings (SSSR count). The number of ether oxygens (including phenoxy) is 4. The lowest BCUT2D eigenvalue weighted by Crippen LogP contribution is -2.61. The first kappa shape index (κ1) is 9.46. The highest BCUT2D eigenvalue weighted by Gasteiger charge is 2.61. The van der Waals surface area contributed by atoms with Crippen LogP contribution in [0.5, 0.6) is 0 Å². The van der Waals surface area contributed by atoms with Gasteiger partial charge in [-0.1, -0.05) is 0 Å². The van der Waals surface area contributed by atoms with E-state index in [2.05, 4.69) is 0 Å². The molecular weight excluding hydrogens is 171 g/mol. The largest absolute Gasteiger partial charge is 0.381 e. The van der Waals surface area contributed by atoms with Crippen LogP contribution in [0.25, 0.3) is 0 Å². The minimum Gasteiger partial charge on any atom is -0.381 e. The summed E-state index contributed by atoms with van der Waals surface area (Å²) in [7, 11) is 8.99. The third-order valence-corrected chi connectivity index (χ3v) is 2.68. The lowest BCUT2D eigenvalue weighted by atomic mass is 9.86. The maximum Gasteiger partial charge on any atom is 0.143 e. The Bertz CT molecular complexity index is 201. The van der Waals surface area contributed by atoms with Crippen molar-refractivity contribution in [2.45, 2.75) is 23.8 Å². The molecule has 0 N–H and O–H groups in total. The van der Waals surface area contributed by atoms with E-state index in [1.807, 2.05) is 0 Å². The predicted octanol–water partition coefficient (Wildman–Crippen LogP) is -0.690. The number of hydrogen-bond donors (Lipinski definition) is 0. The zero-order valence-corrected chi connectivity index (χ0v) is 7.86. The van der Waals surface area contributed by atoms with Crippen molar-refractivity contribution >= 4 is 7.85 Å². The van der Waals surface area contributed by atoms with Crippen LogP contribution in [-0.4, -0.2) is 59.1 Å². The maximum atomic E-state index is 5.74. The molecule has 0 bridgehead atoms. The van der Waals surface area contributed by atoms with Crippen molar-refractivity contribution in [3.8, 4) is 0 Å². The second kappa shape index (κ2) is 3.24. The van der Waals surface area contributed by atoms with Crippen molar-refractivity contribution in [1.29, 1.82) is 0 Å². The molecule has 0 aromatic rings. The van der Waals surface area contributed by atoms with Crippen molar-refractivity contribution in [3.63, 3.8) is 0 Å². The Morgan fingerprint density at radius 1 is 1.54 bits per heavy atom. The van der Waals surface area contributed by atoms with Crippen LogP contribution in [0.4, 0.5) is 0 Å². The summed E-state index contributed by atoms with van der Waals surface area (Å²) in [4.78, 5) is 0. The summed E-state index contributed by atoms with van der Waals surface area (Å²) in [5.41, 5.74) is -0.366. The minimum atomic E-state index is -0.410. The summed E-state index contributed by atoms with van der Waals surface area (Å²) < 4.78 is 21.2. The summed E-state index contributed by atoms with van der Waals surface area (Å²) in [6.07, 6.45) is -0.253. The van der Waals surface area contributed by atoms with Gasteiger partial charge in [-0.2, -0.15) is 0 Å². The molecule has 0 aliphatic carbocycles. The van der Waals surface area contributed by atoms with Crippen molar-refractivity contribution in [1.82, 2.24) is 0 Å². The smallest absolute Gasteiger partial charge is 0.143 e. The molecule has 0 spiro atoms. The van der Waals surface area contributed by atoms with E-state index in [0.717, 1.165) is 0 Å². The predicted molar refractivity (Wildman–Crippen MR) is 45.8 cm³/mol. The highest BCUT2D eigenvalue weighted by molar-refractivity contribution is 6.11. The summed E-state index contributed by atoms with van der Waals surface area (Å²) in [6.45, 7) is 1.05. The van der Waals surface area contributed by atoms with Crippen LogP contribution >= 0.6 is 0 Å². The molecule has 2 heterocycles. The van der Waals surface area contributed by atoms with Crippen LogP contribution in [0.3, 0.4) is 0 Å². The molecule has 0 unspecified atom stereocenters. The Morgan fingerprint density at radius 2 is 2.31 bits per heavy atom. The number of rotatable bonds is 3. The normalized spacial score (nSPS) is 48.6. The van der Waals surface area contributed by atoms with Gasteiger partial charge < -0.3 is 18.9 Å². The summed E-state index contributed by atoms with van der Waals surface area (Å²) in [6, 6.07) is -0.410. The van der Waals surface area contributed by atoms with Gasteiger partial charge in [-0.05, 0) is 0 Å². The molecule has 4 atom stereocenters. The first-order valence-electron chi connectivity index (χ1n) is 4.30. The van der Waals surface area contributed by atoms with Crippen LogP contribution < -0.4 is 0 Å². The zero-order valence-electron chi connectivity index (χ0n) is 7.86. The monoisotopic (exact) mass is 184 g/mol. The lowest BCUT2D eigenvalue weighted by Gasteiger charge is -2.43. The molecular formula is C8H13BO4. The first-order valence-corrected chi connectivity index (χ1v) is 4.30. The van der Waals surface area contributed by atoms with Crippen LogP contribution in [0.1, 0.15) is 0 Å². The fourth-order valence-corrected chi connectivity index (χ4v) is 2.03. The van der Waals surface area contributed by atoms with Crippen LogP contribution in [-0.2, 0) is 18.9 Å². The standard InChI is InChI=1S/C8H13BO4/c1-10-3-8-4-12-6(8)5(11-2)7(9)13-8/h5-7H,3-4H2,1-2H3/t5-,6+,7-,8+/m0/s1. The number of methoxy groups -OCH3 is 2. The van der Waals surface area contributed by atoms with Crippen molar-refractivity contribution in [2.75, 3.05) is 27.4 Å². The Kier molecular flexibility index (Phi) is 2.36. The Balaban J connectivity index is 2.08. The fraction of sp³-hybridized carbons (Fsp3) is 1.00. The second-order valence-corrected chi connectivity index (χ2v) is 3.51. The molecule has 0 aromatic heterocycles. The van der Waals surface area contributed by atoms with E-state index in [0.29, 0.717) is 13.2 Å². The van der Waals surface area contributed by atoms with Gasteiger partial charge in [-0.15, -0.1) is 0 Å². The summed E-state index contributed by atoms with van der Waals surface area (Å²) >= 11 is 0. The molecule has 2 fully saturated rings. The summed E-state index contributed by atoms with van der Waals surface area (Å²) in [5.74, 6) is 0. The van der Waals surface area contributed by atoms with Gasteiger partial charge in [-0.3, -0.25) is 0 Å². The van der Waals surface area contributed by atoms with Gasteiger partial charge >= 0.3 is 0 Å². The third kappa shape index (κ3) is 1.22. The quantitative estimate of drug-likeness (QED) is 0.544. The minimum absolute atomic E-state index is 0.0764. The molecule has 2 radical (unpaired) electrons. The van der Waals surface area contributed by atoms with E-state index in [4.69, 9.17) is 26.8 Å². The molecule has 2 aliphatic heterocycles. The van der Waals surface area contributed by atoms with Gasteiger partial charge in [0.2, 0.25) is 0 Å². The van der Waals surface area contributed by atoms with E-state index in [1.54, 1.807) is 14.2 Å². The van der Waals surface area contributed by atoms with Crippen molar-refractivity contribution in [2.24, 2.45) is 0 Å². The van der Waals surface area contributed by atoms with Crippen LogP contribution in [0.15, 0.2) is 0 Å². The van der Waals surface area contributed by atoms with E-state index >= 15 is 0 Å². The summed E-state index contributed by atoms with van der Waals surface area (Å²) in [5, 5.41) is 0. The van der Waals surface area contributed by atoms with Crippen LogP contribution in [0.2, 0.25) is 0 Å². The van der Waals surface area contributed by atoms with Crippen molar-refractivity contribution in [3.05, 3.63) is 0 Å². The molecule has 2 aliphatic rings. The lowest BCUT2D eigenvalue weighted by molar-refractivity contribution is -0.244. The van der Waals surface area contributed by atoms with Gasteiger partial charge in [0.05, 0.1) is 13.2 Å². The average Bonchev–Trinajstić information content (AvgIpc) is 2.26. The molecule has 2 saturated heterocycles. The van der Waals surface area contributed by atoms with E-state index < -0.39 is 6.00 Å². The molecule has 5 heteroatoms. The van der Waals surface area contributed by atoms with Gasteiger partial charge in [0, 0.05) is 20.2 Å². The highest BCUT2D eigenvalue weighted by atomic mass is 16.7. The van der Waals surface area contributed by atoms with E-state index in [1.165, 1.54) is 0 Å². The molecule has 0 aromatic carbocycles. The van der Waals surface area contributed by atoms with E-state index in [9.17, 15) is 0 Å². The fourth-order valence-electron chi connectivity index (χ4n) is 2.03. The number of fused-ring (bicyclic) bond motifs is 1. The van der Waals surface area contributed by atoms with Crippen molar-refractivity contribution < 1.29 is 18.9 Å². The third-order valence-electron chi connectivity index (χ3n) is 2.68. The Hall–Kier alpha value is -0.0951. The average molecular weight is 184 g/mol. The molecule has 72 valence electrons. The second-order valence-electron chi connectivity index (χ2n) is 3.51. The SMILES string of the molecule is [B][C@H]1O[C@]2(COC)CO[C@@H]2[C@@H]1OC. The highest BCUT2D eigenvalue weighted by Crippen LogP contribution is 2.41. The molecule has 13 heavy (non-hydrogen) atoms. The van der Waals surface area contributed by atoms with Gasteiger partial charge in [0.25, 0.3) is 0 Å².